The summed E-state index contributed by atoms with van der Waals surface area (Å²) in [6.45, 7) is 3.25. The summed E-state index contributed by atoms with van der Waals surface area (Å²) >= 11 is 0. The van der Waals surface area contributed by atoms with Gasteiger partial charge in [0, 0.05) is 13.3 Å². The molecule has 98 valence electrons. The molecule has 0 aliphatic carbocycles. The van der Waals surface area contributed by atoms with Gasteiger partial charge in [-0.05, 0) is 19.1 Å². The molecule has 18 heavy (non-hydrogen) atoms. The van der Waals surface area contributed by atoms with Crippen LogP contribution in [0, 0.1) is 5.41 Å². The van der Waals surface area contributed by atoms with Gasteiger partial charge in [-0.3, -0.25) is 9.78 Å². The van der Waals surface area contributed by atoms with Crippen molar-refractivity contribution in [2.24, 2.45) is 5.41 Å². The summed E-state index contributed by atoms with van der Waals surface area (Å²) in [6, 6.07) is 5.40. The third kappa shape index (κ3) is 2.68. The van der Waals surface area contributed by atoms with Crippen LogP contribution in [0.2, 0.25) is 0 Å². The van der Waals surface area contributed by atoms with Crippen LogP contribution in [0.25, 0.3) is 0 Å². The van der Waals surface area contributed by atoms with Crippen LogP contribution >= 0.6 is 0 Å². The van der Waals surface area contributed by atoms with Crippen molar-refractivity contribution in [1.82, 2.24) is 10.3 Å². The lowest BCUT2D eigenvalue weighted by atomic mass is 9.87. The minimum absolute atomic E-state index is 0.0125. The minimum atomic E-state index is -0.416. The summed E-state index contributed by atoms with van der Waals surface area (Å²) in [4.78, 5) is 16.4. The highest BCUT2D eigenvalue weighted by molar-refractivity contribution is 5.83. The predicted octanol–water partition coefficient (Wildman–Crippen LogP) is 0.922. The second kappa shape index (κ2) is 5.46. The Morgan fingerprint density at radius 1 is 1.61 bits per heavy atom. The van der Waals surface area contributed by atoms with Gasteiger partial charge in [0.05, 0.1) is 37.0 Å². The molecule has 1 aromatic rings. The van der Waals surface area contributed by atoms with Gasteiger partial charge in [-0.1, -0.05) is 6.07 Å². The van der Waals surface area contributed by atoms with Crippen LogP contribution < -0.4 is 5.32 Å². The van der Waals surface area contributed by atoms with E-state index in [9.17, 15) is 4.79 Å². The largest absolute Gasteiger partial charge is 0.382 e. The lowest BCUT2D eigenvalue weighted by Crippen LogP contribution is -2.53. The molecule has 0 radical (unpaired) electrons. The Bertz CT molecular complexity index is 404. The molecular weight excluding hydrogens is 232 g/mol. The van der Waals surface area contributed by atoms with Gasteiger partial charge in [-0.2, -0.15) is 0 Å². The average Bonchev–Trinajstić information content (AvgIpc) is 2.36. The fourth-order valence-electron chi connectivity index (χ4n) is 1.82. The zero-order valence-corrected chi connectivity index (χ0v) is 10.7. The molecule has 1 unspecified atom stereocenters. The van der Waals surface area contributed by atoms with E-state index in [4.69, 9.17) is 9.47 Å². The molecule has 5 heteroatoms. The fraction of sp³-hybridized carbons (Fsp3) is 0.538. The highest BCUT2D eigenvalue weighted by Crippen LogP contribution is 2.27. The number of nitrogens with zero attached hydrogens (tertiary/aromatic N) is 1. The van der Waals surface area contributed by atoms with Crippen LogP contribution in [0.1, 0.15) is 18.7 Å². The Kier molecular flexibility index (Phi) is 3.93. The molecule has 1 fully saturated rings. The first-order valence-corrected chi connectivity index (χ1v) is 5.94. The number of hydrogen-bond donors (Lipinski definition) is 1. The van der Waals surface area contributed by atoms with Gasteiger partial charge < -0.3 is 14.8 Å². The maximum atomic E-state index is 12.1. The Balaban J connectivity index is 2.05. The van der Waals surface area contributed by atoms with Crippen LogP contribution in [0.3, 0.4) is 0 Å². The predicted molar refractivity (Wildman–Crippen MR) is 65.9 cm³/mol. The van der Waals surface area contributed by atoms with Crippen LogP contribution in [0.5, 0.6) is 0 Å². The van der Waals surface area contributed by atoms with Crippen LogP contribution in [0.4, 0.5) is 0 Å². The highest BCUT2D eigenvalue weighted by Gasteiger charge is 2.41. The average molecular weight is 250 g/mol. The van der Waals surface area contributed by atoms with E-state index in [0.29, 0.717) is 19.8 Å². The van der Waals surface area contributed by atoms with Gasteiger partial charge in [0.25, 0.3) is 0 Å². The number of hydrogen-bond acceptors (Lipinski definition) is 4. The monoisotopic (exact) mass is 250 g/mol. The van der Waals surface area contributed by atoms with E-state index in [1.165, 1.54) is 0 Å². The maximum Gasteiger partial charge on any atom is 0.231 e. The molecule has 2 heterocycles. The van der Waals surface area contributed by atoms with E-state index in [2.05, 4.69) is 10.3 Å². The number of carbonyl (C=O) groups is 1. The number of ether oxygens (including phenoxy) is 2. The molecule has 1 amide bonds. The maximum absolute atomic E-state index is 12.1. The van der Waals surface area contributed by atoms with Crippen molar-refractivity contribution in [2.45, 2.75) is 13.0 Å². The van der Waals surface area contributed by atoms with Gasteiger partial charge >= 0.3 is 0 Å². The summed E-state index contributed by atoms with van der Waals surface area (Å²) in [5.74, 6) is -0.0125. The molecule has 0 aromatic carbocycles. The summed E-state index contributed by atoms with van der Waals surface area (Å²) in [5.41, 5.74) is 0.386. The summed E-state index contributed by atoms with van der Waals surface area (Å²) in [6.07, 6.45) is 1.71. The topological polar surface area (TPSA) is 60.5 Å². The smallest absolute Gasteiger partial charge is 0.231 e. The normalized spacial score (nSPS) is 18.8. The molecule has 1 aliphatic rings. The first kappa shape index (κ1) is 13.0. The first-order chi connectivity index (χ1) is 8.65. The van der Waals surface area contributed by atoms with Crippen molar-refractivity contribution in [2.75, 3.05) is 26.9 Å². The van der Waals surface area contributed by atoms with Crippen molar-refractivity contribution in [3.63, 3.8) is 0 Å². The number of methoxy groups -OCH3 is 1. The van der Waals surface area contributed by atoms with Crippen molar-refractivity contribution < 1.29 is 14.3 Å². The summed E-state index contributed by atoms with van der Waals surface area (Å²) in [5, 5.41) is 2.97. The molecule has 0 bridgehead atoms. The van der Waals surface area contributed by atoms with Crippen LogP contribution in [-0.2, 0) is 14.3 Å². The third-order valence-electron chi connectivity index (χ3n) is 3.07. The first-order valence-electron chi connectivity index (χ1n) is 5.94. The lowest BCUT2D eigenvalue weighted by Gasteiger charge is -2.37. The van der Waals surface area contributed by atoms with E-state index in [0.717, 1.165) is 5.69 Å². The Hall–Kier alpha value is -1.46. The zero-order chi connectivity index (χ0) is 13.0. The Morgan fingerprint density at radius 3 is 2.89 bits per heavy atom. The van der Waals surface area contributed by atoms with Crippen molar-refractivity contribution >= 4 is 5.91 Å². The summed E-state index contributed by atoms with van der Waals surface area (Å²) < 4.78 is 10.2. The zero-order valence-electron chi connectivity index (χ0n) is 10.7. The fourth-order valence-corrected chi connectivity index (χ4v) is 1.82. The van der Waals surface area contributed by atoms with Crippen LogP contribution in [-0.4, -0.2) is 37.8 Å². The number of amides is 1. The molecular formula is C13H18N2O3. The van der Waals surface area contributed by atoms with Crippen molar-refractivity contribution in [3.8, 4) is 0 Å². The van der Waals surface area contributed by atoms with Gasteiger partial charge in [-0.25, -0.2) is 0 Å². The standard InChI is InChI=1S/C13H18N2O3/c1-13(8-18-9-13)12(16)15-11(7-17-2)10-5-3-4-6-14-10/h3-6,11H,7-9H2,1-2H3,(H,15,16). The second-order valence-corrected chi connectivity index (χ2v) is 4.79. The number of rotatable bonds is 5. The van der Waals surface area contributed by atoms with Gasteiger partial charge in [0.15, 0.2) is 0 Å². The minimum Gasteiger partial charge on any atom is -0.382 e. The lowest BCUT2D eigenvalue weighted by molar-refractivity contribution is -0.158. The third-order valence-corrected chi connectivity index (χ3v) is 3.07. The highest BCUT2D eigenvalue weighted by atomic mass is 16.5. The van der Waals surface area contributed by atoms with Gasteiger partial charge in [-0.15, -0.1) is 0 Å². The van der Waals surface area contributed by atoms with Gasteiger partial charge in [0.2, 0.25) is 5.91 Å². The molecule has 0 saturated carbocycles. The Morgan fingerprint density at radius 2 is 2.39 bits per heavy atom. The Labute approximate surface area is 107 Å². The number of carbonyl (C=O) groups excluding carboxylic acids is 1. The molecule has 1 atom stereocenters. The van der Waals surface area contributed by atoms with Gasteiger partial charge in [0.1, 0.15) is 0 Å². The molecule has 1 saturated heterocycles. The summed E-state index contributed by atoms with van der Waals surface area (Å²) in [7, 11) is 1.61. The van der Waals surface area contributed by atoms with E-state index < -0.39 is 5.41 Å². The quantitative estimate of drug-likeness (QED) is 0.844. The molecule has 5 nitrogen and oxygen atoms in total. The molecule has 1 N–H and O–H groups in total. The SMILES string of the molecule is COCC(NC(=O)C1(C)COC1)c1ccccn1. The number of aromatic nitrogens is 1. The van der Waals surface area contributed by atoms with Crippen molar-refractivity contribution in [3.05, 3.63) is 30.1 Å². The second-order valence-electron chi connectivity index (χ2n) is 4.79. The van der Waals surface area contributed by atoms with Crippen LogP contribution in [0.15, 0.2) is 24.4 Å². The number of pyridine rings is 1. The van der Waals surface area contributed by atoms with Crippen molar-refractivity contribution in [1.29, 1.82) is 0 Å². The molecule has 1 aliphatic heterocycles. The van der Waals surface area contributed by atoms with E-state index in [-0.39, 0.29) is 11.9 Å². The molecule has 2 rings (SSSR count). The molecule has 0 spiro atoms. The molecule has 1 aromatic heterocycles. The van der Waals surface area contributed by atoms with E-state index >= 15 is 0 Å². The van der Waals surface area contributed by atoms with E-state index in [1.54, 1.807) is 13.3 Å². The van der Waals surface area contributed by atoms with E-state index in [1.807, 2.05) is 25.1 Å². The number of nitrogens with one attached hydrogen (secondary N) is 1.